The van der Waals surface area contributed by atoms with Crippen molar-refractivity contribution in [3.8, 4) is 5.75 Å². The number of carboxylic acids is 1. The van der Waals surface area contributed by atoms with E-state index in [9.17, 15) is 14.3 Å². The maximum absolute atomic E-state index is 14.3. The van der Waals surface area contributed by atoms with Crippen LogP contribution in [0.2, 0.25) is 5.02 Å². The molecule has 0 amide bonds. The average molecular weight is 378 g/mol. The fourth-order valence-electron chi connectivity index (χ4n) is 3.55. The highest BCUT2D eigenvalue weighted by Crippen LogP contribution is 2.34. The van der Waals surface area contributed by atoms with Crippen molar-refractivity contribution in [2.24, 2.45) is 5.92 Å². The second kappa shape index (κ2) is 8.06. The fourth-order valence-corrected chi connectivity index (χ4v) is 3.68. The van der Waals surface area contributed by atoms with Crippen LogP contribution in [0.3, 0.4) is 0 Å². The molecule has 0 aromatic heterocycles. The zero-order chi connectivity index (χ0) is 18.7. The molecule has 26 heavy (non-hydrogen) atoms. The highest BCUT2D eigenvalue weighted by molar-refractivity contribution is 6.30. The van der Waals surface area contributed by atoms with Crippen LogP contribution >= 0.6 is 11.6 Å². The van der Waals surface area contributed by atoms with Crippen LogP contribution in [0.4, 0.5) is 4.39 Å². The molecule has 1 N–H and O–H groups in total. The summed E-state index contributed by atoms with van der Waals surface area (Å²) in [5, 5.41) is 10.0. The van der Waals surface area contributed by atoms with E-state index in [-0.39, 0.29) is 11.8 Å². The van der Waals surface area contributed by atoms with Crippen molar-refractivity contribution < 1.29 is 19.0 Å². The van der Waals surface area contributed by atoms with Crippen molar-refractivity contribution in [1.29, 1.82) is 0 Å². The molecule has 0 unspecified atom stereocenters. The molecule has 0 spiro atoms. The fraction of sp³-hybridized carbons (Fsp3) is 0.350. The summed E-state index contributed by atoms with van der Waals surface area (Å²) in [6.45, 7) is 1.18. The molecule has 1 aliphatic heterocycles. The number of rotatable bonds is 5. The lowest BCUT2D eigenvalue weighted by molar-refractivity contribution is -0.143. The van der Waals surface area contributed by atoms with Crippen molar-refractivity contribution in [2.75, 3.05) is 20.2 Å². The van der Waals surface area contributed by atoms with E-state index in [1.165, 1.54) is 13.2 Å². The van der Waals surface area contributed by atoms with E-state index < -0.39 is 17.7 Å². The van der Waals surface area contributed by atoms with Crippen molar-refractivity contribution in [3.63, 3.8) is 0 Å². The van der Waals surface area contributed by atoms with Gasteiger partial charge in [-0.25, -0.2) is 4.39 Å². The highest BCUT2D eigenvalue weighted by atomic mass is 35.5. The maximum atomic E-state index is 14.3. The van der Waals surface area contributed by atoms with Gasteiger partial charge in [-0.3, -0.25) is 9.69 Å². The predicted octanol–water partition coefficient (Wildman–Crippen LogP) is 4.37. The largest absolute Gasteiger partial charge is 0.494 e. The standard InChI is InChI=1S/C20H21ClFNO3/c1-26-18-9-6-14(11-17(18)22)19(13-4-7-16(21)8-5-13)23-10-2-3-15(12-23)20(24)25/h4-9,11,15,19H,2-3,10,12H2,1H3,(H,24,25)/t15-,19+/m0/s1. The Labute approximate surface area is 157 Å². The number of ether oxygens (including phenoxy) is 1. The third-order valence-corrected chi connectivity index (χ3v) is 5.10. The van der Waals surface area contributed by atoms with Crippen LogP contribution < -0.4 is 4.74 Å². The van der Waals surface area contributed by atoms with Gasteiger partial charge in [0.1, 0.15) is 0 Å². The Kier molecular flexibility index (Phi) is 5.79. The van der Waals surface area contributed by atoms with E-state index in [0.29, 0.717) is 18.0 Å². The van der Waals surface area contributed by atoms with E-state index in [4.69, 9.17) is 16.3 Å². The number of hydrogen-bond donors (Lipinski definition) is 1. The summed E-state index contributed by atoms with van der Waals surface area (Å²) in [4.78, 5) is 13.6. The van der Waals surface area contributed by atoms with Crippen LogP contribution in [-0.4, -0.2) is 36.2 Å². The maximum Gasteiger partial charge on any atom is 0.307 e. The lowest BCUT2D eigenvalue weighted by Gasteiger charge is -2.37. The Morgan fingerprint density at radius 1 is 1.27 bits per heavy atom. The van der Waals surface area contributed by atoms with Gasteiger partial charge in [-0.15, -0.1) is 0 Å². The average Bonchev–Trinajstić information content (AvgIpc) is 2.64. The summed E-state index contributed by atoms with van der Waals surface area (Å²) in [5.74, 6) is -1.45. The van der Waals surface area contributed by atoms with Crippen molar-refractivity contribution in [2.45, 2.75) is 18.9 Å². The van der Waals surface area contributed by atoms with Crippen LogP contribution in [-0.2, 0) is 4.79 Å². The zero-order valence-corrected chi connectivity index (χ0v) is 15.2. The van der Waals surface area contributed by atoms with Crippen LogP contribution in [0.5, 0.6) is 5.75 Å². The van der Waals surface area contributed by atoms with Gasteiger partial charge < -0.3 is 9.84 Å². The molecule has 0 saturated carbocycles. The van der Waals surface area contributed by atoms with Gasteiger partial charge in [0.25, 0.3) is 0 Å². The number of halogens is 2. The lowest BCUT2D eigenvalue weighted by atomic mass is 9.91. The van der Waals surface area contributed by atoms with Crippen LogP contribution in [0.25, 0.3) is 0 Å². The third kappa shape index (κ3) is 4.00. The molecule has 0 bridgehead atoms. The molecule has 1 aliphatic rings. The first-order valence-electron chi connectivity index (χ1n) is 8.55. The minimum absolute atomic E-state index is 0.186. The molecule has 1 saturated heterocycles. The Bertz CT molecular complexity index is 781. The molecule has 1 fully saturated rings. The molecule has 2 aromatic rings. The van der Waals surface area contributed by atoms with Crippen molar-refractivity contribution >= 4 is 17.6 Å². The molecule has 2 aromatic carbocycles. The number of benzene rings is 2. The van der Waals surface area contributed by atoms with E-state index in [0.717, 1.165) is 24.1 Å². The van der Waals surface area contributed by atoms with Gasteiger partial charge in [0.15, 0.2) is 11.6 Å². The Hall–Kier alpha value is -2.11. The number of methoxy groups -OCH3 is 1. The Morgan fingerprint density at radius 2 is 1.96 bits per heavy atom. The SMILES string of the molecule is COc1ccc([C@@H](c2ccc(Cl)cc2)N2CCC[C@H](C(=O)O)C2)cc1F. The first kappa shape index (κ1) is 18.7. The molecule has 0 aliphatic carbocycles. The monoisotopic (exact) mass is 377 g/mol. The number of carbonyl (C=O) groups is 1. The minimum Gasteiger partial charge on any atom is -0.494 e. The van der Waals surface area contributed by atoms with Crippen LogP contribution in [0.1, 0.15) is 30.0 Å². The van der Waals surface area contributed by atoms with Gasteiger partial charge in [0.05, 0.1) is 19.1 Å². The van der Waals surface area contributed by atoms with Crippen molar-refractivity contribution in [1.82, 2.24) is 4.90 Å². The van der Waals surface area contributed by atoms with E-state index >= 15 is 0 Å². The second-order valence-electron chi connectivity index (χ2n) is 6.52. The van der Waals surface area contributed by atoms with Crippen LogP contribution in [0, 0.1) is 11.7 Å². The smallest absolute Gasteiger partial charge is 0.307 e. The van der Waals surface area contributed by atoms with E-state index in [1.54, 1.807) is 18.2 Å². The van der Waals surface area contributed by atoms with E-state index in [1.807, 2.05) is 18.2 Å². The lowest BCUT2D eigenvalue weighted by Crippen LogP contribution is -2.41. The summed E-state index contributed by atoms with van der Waals surface area (Å²) in [7, 11) is 1.43. The molecule has 6 heteroatoms. The minimum atomic E-state index is -0.787. The molecule has 1 heterocycles. The highest BCUT2D eigenvalue weighted by Gasteiger charge is 2.31. The molecule has 138 valence electrons. The first-order chi connectivity index (χ1) is 12.5. The number of nitrogens with zero attached hydrogens (tertiary/aromatic N) is 1. The number of hydrogen-bond acceptors (Lipinski definition) is 3. The predicted molar refractivity (Wildman–Crippen MR) is 98.2 cm³/mol. The topological polar surface area (TPSA) is 49.8 Å². The van der Waals surface area contributed by atoms with Crippen LogP contribution in [0.15, 0.2) is 42.5 Å². The Balaban J connectivity index is 2.00. The number of carboxylic acid groups (broad SMARTS) is 1. The second-order valence-corrected chi connectivity index (χ2v) is 6.96. The normalized spacial score (nSPS) is 19.1. The summed E-state index contributed by atoms with van der Waals surface area (Å²) in [5.41, 5.74) is 1.71. The van der Waals surface area contributed by atoms with Crippen molar-refractivity contribution in [3.05, 3.63) is 64.4 Å². The number of piperidine rings is 1. The summed E-state index contributed by atoms with van der Waals surface area (Å²) in [6.07, 6.45) is 1.45. The summed E-state index contributed by atoms with van der Waals surface area (Å²) >= 11 is 6.01. The number of aliphatic carboxylic acids is 1. The quantitative estimate of drug-likeness (QED) is 0.840. The molecule has 2 atom stereocenters. The molecule has 3 rings (SSSR count). The third-order valence-electron chi connectivity index (χ3n) is 4.84. The van der Waals surface area contributed by atoms with Gasteiger partial charge >= 0.3 is 5.97 Å². The van der Waals surface area contributed by atoms with Gasteiger partial charge in [-0.05, 0) is 54.8 Å². The summed E-state index contributed by atoms with van der Waals surface area (Å²) < 4.78 is 19.3. The van der Waals surface area contributed by atoms with Gasteiger partial charge in [-0.1, -0.05) is 29.8 Å². The summed E-state index contributed by atoms with van der Waals surface area (Å²) in [6, 6.07) is 12.0. The van der Waals surface area contributed by atoms with Gasteiger partial charge in [0.2, 0.25) is 0 Å². The molecular weight excluding hydrogens is 357 g/mol. The molecular formula is C20H21ClFNO3. The van der Waals surface area contributed by atoms with Gasteiger partial charge in [0, 0.05) is 11.6 Å². The number of likely N-dealkylation sites (tertiary alicyclic amines) is 1. The zero-order valence-electron chi connectivity index (χ0n) is 14.5. The van der Waals surface area contributed by atoms with Gasteiger partial charge in [-0.2, -0.15) is 0 Å². The first-order valence-corrected chi connectivity index (χ1v) is 8.93. The van der Waals surface area contributed by atoms with E-state index in [2.05, 4.69) is 4.90 Å². The molecule has 4 nitrogen and oxygen atoms in total. The Morgan fingerprint density at radius 3 is 2.58 bits per heavy atom. The molecule has 0 radical (unpaired) electrons.